The van der Waals surface area contributed by atoms with Crippen molar-refractivity contribution in [3.8, 4) is 0 Å². The van der Waals surface area contributed by atoms with Crippen LogP contribution in [-0.2, 0) is 0 Å². The molecule has 2 heterocycles. The minimum atomic E-state index is -3.45. The monoisotopic (exact) mass is 294 g/mol. The number of hydrogen-bond acceptors (Lipinski definition) is 4. The van der Waals surface area contributed by atoms with Gasteiger partial charge in [-0.3, -0.25) is 4.79 Å². The fourth-order valence-electron chi connectivity index (χ4n) is 1.82. The maximum atomic E-state index is 12.9. The first-order chi connectivity index (χ1) is 9.27. The first kappa shape index (κ1) is 14.5. The van der Waals surface area contributed by atoms with Crippen LogP contribution in [0.3, 0.4) is 0 Å². The van der Waals surface area contributed by atoms with Gasteiger partial charge in [0.25, 0.3) is 18.8 Å². The van der Waals surface area contributed by atoms with E-state index in [-0.39, 0.29) is 16.3 Å². The lowest BCUT2D eigenvalue weighted by atomic mass is 10.1. The molecule has 20 heavy (non-hydrogen) atoms. The third-order valence-electron chi connectivity index (χ3n) is 2.92. The summed E-state index contributed by atoms with van der Waals surface area (Å²) in [7, 11) is 0. The average Bonchev–Trinajstić information content (AvgIpc) is 2.93. The quantitative estimate of drug-likeness (QED) is 0.867. The smallest absolute Gasteiger partial charge is 0.287 e. The largest absolute Gasteiger partial charge is 0.469 e. The van der Waals surface area contributed by atoms with Crippen LogP contribution in [-0.4, -0.2) is 40.3 Å². The third kappa shape index (κ3) is 2.17. The number of amides is 1. The minimum absolute atomic E-state index is 0.00296. The van der Waals surface area contributed by atoms with Gasteiger partial charge in [0, 0.05) is 6.42 Å². The Balaban J connectivity index is 2.40. The molecular weight excluding hydrogens is 284 g/mol. The van der Waals surface area contributed by atoms with E-state index in [1.807, 2.05) is 0 Å². The molecule has 0 saturated heterocycles. The van der Waals surface area contributed by atoms with Crippen molar-refractivity contribution in [3.05, 3.63) is 23.7 Å². The van der Waals surface area contributed by atoms with Gasteiger partial charge in [-0.25, -0.2) is 17.6 Å². The molecule has 1 unspecified atom stereocenters. The summed E-state index contributed by atoms with van der Waals surface area (Å²) in [6.07, 6.45) is -6.55. The zero-order valence-electron chi connectivity index (χ0n) is 10.2. The molecule has 0 saturated carbocycles. The second-order valence-corrected chi connectivity index (χ2v) is 4.26. The van der Waals surface area contributed by atoms with Gasteiger partial charge in [0.05, 0.1) is 11.8 Å². The maximum Gasteiger partial charge on any atom is 0.287 e. The molecule has 9 heteroatoms. The number of aliphatic hydroxyl groups is 1. The van der Waals surface area contributed by atoms with Crippen LogP contribution in [0.25, 0.3) is 0 Å². The lowest BCUT2D eigenvalue weighted by Gasteiger charge is -2.29. The normalized spacial score (nSPS) is 22.8. The Kier molecular flexibility index (Phi) is 3.55. The number of hydrogen-bond donors (Lipinski definition) is 1. The van der Waals surface area contributed by atoms with E-state index in [0.717, 1.165) is 6.26 Å². The first-order valence-electron chi connectivity index (χ1n) is 5.52. The van der Waals surface area contributed by atoms with Crippen molar-refractivity contribution < 1.29 is 31.9 Å². The van der Waals surface area contributed by atoms with Gasteiger partial charge >= 0.3 is 0 Å². The molecule has 1 aliphatic rings. The van der Waals surface area contributed by atoms with Gasteiger partial charge in [0.1, 0.15) is 11.5 Å². The Morgan fingerprint density at radius 1 is 1.50 bits per heavy atom. The van der Waals surface area contributed by atoms with Gasteiger partial charge < -0.3 is 9.52 Å². The molecule has 0 spiro atoms. The van der Waals surface area contributed by atoms with Crippen LogP contribution in [0.2, 0.25) is 0 Å². The molecule has 1 aliphatic heterocycles. The minimum Gasteiger partial charge on any atom is -0.469 e. The summed E-state index contributed by atoms with van der Waals surface area (Å²) in [4.78, 5) is 12.0. The molecule has 1 aromatic heterocycles. The number of nitrogens with zero attached hydrogens (tertiary/aromatic N) is 2. The Morgan fingerprint density at radius 2 is 2.15 bits per heavy atom. The zero-order chi connectivity index (χ0) is 15.1. The van der Waals surface area contributed by atoms with Gasteiger partial charge in [-0.1, -0.05) is 0 Å². The van der Waals surface area contributed by atoms with E-state index in [9.17, 15) is 27.5 Å². The van der Waals surface area contributed by atoms with Crippen LogP contribution >= 0.6 is 0 Å². The highest BCUT2D eigenvalue weighted by Gasteiger charge is 2.53. The number of aryl methyl sites for hydroxylation is 1. The Hall–Kier alpha value is -1.90. The molecule has 110 valence electrons. The summed E-state index contributed by atoms with van der Waals surface area (Å²) in [5.74, 6) is -1.03. The average molecular weight is 294 g/mol. The lowest BCUT2D eigenvalue weighted by molar-refractivity contribution is -0.164. The summed E-state index contributed by atoms with van der Waals surface area (Å²) in [6.45, 7) is 1.39. The van der Waals surface area contributed by atoms with Crippen molar-refractivity contribution in [2.75, 3.05) is 0 Å². The van der Waals surface area contributed by atoms with Gasteiger partial charge in [0.2, 0.25) is 5.72 Å². The van der Waals surface area contributed by atoms with Crippen LogP contribution < -0.4 is 0 Å². The van der Waals surface area contributed by atoms with Crippen molar-refractivity contribution >= 4 is 11.6 Å². The molecule has 1 amide bonds. The molecule has 2 rings (SSSR count). The standard InChI is InChI=1S/C11H10F4N2O3/c1-5-6(2-3-20-5)9(18)17-11(19,10(14)15)4-7(16-17)8(12)13/h2-3,8,10,19H,4H2,1H3. The van der Waals surface area contributed by atoms with Crippen molar-refractivity contribution in [2.45, 2.75) is 31.9 Å². The van der Waals surface area contributed by atoms with Crippen molar-refractivity contribution in [1.82, 2.24) is 5.01 Å². The van der Waals surface area contributed by atoms with E-state index in [0.29, 0.717) is 0 Å². The topological polar surface area (TPSA) is 66.0 Å². The van der Waals surface area contributed by atoms with E-state index in [1.165, 1.54) is 13.0 Å². The van der Waals surface area contributed by atoms with Crippen LogP contribution in [0.1, 0.15) is 22.5 Å². The Bertz CT molecular complexity index is 558. The van der Waals surface area contributed by atoms with Gasteiger partial charge in [-0.05, 0) is 13.0 Å². The van der Waals surface area contributed by atoms with Crippen LogP contribution in [0, 0.1) is 6.92 Å². The van der Waals surface area contributed by atoms with Gasteiger partial charge in [0.15, 0.2) is 0 Å². The number of carbonyl (C=O) groups excluding carboxylic acids is 1. The first-order valence-corrected chi connectivity index (χ1v) is 5.52. The van der Waals surface area contributed by atoms with E-state index >= 15 is 0 Å². The molecule has 0 aliphatic carbocycles. The fraction of sp³-hybridized carbons (Fsp3) is 0.455. The summed E-state index contributed by atoms with van der Waals surface area (Å²) in [6, 6.07) is 1.18. The van der Waals surface area contributed by atoms with Crippen molar-refractivity contribution in [1.29, 1.82) is 0 Å². The second-order valence-electron chi connectivity index (χ2n) is 4.26. The Labute approximate surface area is 110 Å². The number of hydrazone groups is 1. The van der Waals surface area contributed by atoms with Gasteiger partial charge in [-0.15, -0.1) is 0 Å². The predicted octanol–water partition coefficient (Wildman–Crippen LogP) is 2.01. The summed E-state index contributed by atoms with van der Waals surface area (Å²) >= 11 is 0. The molecule has 1 atom stereocenters. The summed E-state index contributed by atoms with van der Waals surface area (Å²) < 4.78 is 55.8. The molecule has 0 fully saturated rings. The van der Waals surface area contributed by atoms with Crippen molar-refractivity contribution in [2.24, 2.45) is 5.10 Å². The molecule has 0 radical (unpaired) electrons. The van der Waals surface area contributed by atoms with E-state index in [2.05, 4.69) is 5.10 Å². The van der Waals surface area contributed by atoms with Crippen LogP contribution in [0.15, 0.2) is 21.8 Å². The lowest BCUT2D eigenvalue weighted by Crippen LogP contribution is -2.51. The molecule has 0 bridgehead atoms. The molecular formula is C11H10F4N2O3. The molecule has 1 aromatic rings. The molecule has 5 nitrogen and oxygen atoms in total. The second kappa shape index (κ2) is 4.89. The number of furan rings is 1. The number of rotatable bonds is 3. The maximum absolute atomic E-state index is 12.9. The van der Waals surface area contributed by atoms with Crippen LogP contribution in [0.4, 0.5) is 17.6 Å². The number of carbonyl (C=O) groups is 1. The summed E-state index contributed by atoms with van der Waals surface area (Å²) in [5, 5.41) is 12.9. The van der Waals surface area contributed by atoms with E-state index in [1.54, 1.807) is 0 Å². The third-order valence-corrected chi connectivity index (χ3v) is 2.92. The fourth-order valence-corrected chi connectivity index (χ4v) is 1.82. The zero-order valence-corrected chi connectivity index (χ0v) is 10.2. The number of halogens is 4. The molecule has 1 N–H and O–H groups in total. The van der Waals surface area contributed by atoms with Crippen molar-refractivity contribution in [3.63, 3.8) is 0 Å². The van der Waals surface area contributed by atoms with Crippen LogP contribution in [0.5, 0.6) is 0 Å². The highest BCUT2D eigenvalue weighted by Crippen LogP contribution is 2.34. The highest BCUT2D eigenvalue weighted by molar-refractivity contribution is 5.99. The summed E-state index contributed by atoms with van der Waals surface area (Å²) in [5.41, 5.74) is -4.18. The molecule has 0 aromatic carbocycles. The Morgan fingerprint density at radius 3 is 2.60 bits per heavy atom. The SMILES string of the molecule is Cc1occc1C(=O)N1N=C(C(F)F)CC1(O)C(F)F. The van der Waals surface area contributed by atoms with E-state index in [4.69, 9.17) is 4.42 Å². The van der Waals surface area contributed by atoms with Gasteiger partial charge in [-0.2, -0.15) is 10.1 Å². The van der Waals surface area contributed by atoms with E-state index < -0.39 is 36.6 Å². The number of alkyl halides is 4. The highest BCUT2D eigenvalue weighted by atomic mass is 19.3. The predicted molar refractivity (Wildman–Crippen MR) is 58.6 cm³/mol.